The van der Waals surface area contributed by atoms with Crippen LogP contribution in [0.2, 0.25) is 0 Å². The molecule has 0 aromatic heterocycles. The summed E-state index contributed by atoms with van der Waals surface area (Å²) in [4.78, 5) is 11.9. The summed E-state index contributed by atoms with van der Waals surface area (Å²) < 4.78 is 5.44. The minimum absolute atomic E-state index is 0.0277. The number of esters is 1. The maximum absolute atomic E-state index is 11.9. The average Bonchev–Trinajstić information content (AvgIpc) is 2.92. The van der Waals surface area contributed by atoms with E-state index in [9.17, 15) is 4.79 Å². The highest BCUT2D eigenvalue weighted by Crippen LogP contribution is 2.16. The van der Waals surface area contributed by atoms with Crippen LogP contribution >= 0.6 is 0 Å². The Balaban J connectivity index is 3.15. The van der Waals surface area contributed by atoms with E-state index in [-0.39, 0.29) is 5.97 Å². The van der Waals surface area contributed by atoms with Gasteiger partial charge in [0, 0.05) is 6.42 Å². The molecule has 234 valence electrons. The van der Waals surface area contributed by atoms with Crippen LogP contribution in [-0.2, 0) is 9.53 Å². The molecule has 0 rings (SSSR count). The van der Waals surface area contributed by atoms with E-state index < -0.39 is 0 Å². The van der Waals surface area contributed by atoms with Crippen LogP contribution in [0.3, 0.4) is 0 Å². The van der Waals surface area contributed by atoms with Gasteiger partial charge in [0.15, 0.2) is 0 Å². The van der Waals surface area contributed by atoms with E-state index in [2.05, 4.69) is 20.8 Å². The first-order valence-electron chi connectivity index (χ1n) is 18.3. The Morgan fingerprint density at radius 1 is 0.436 bits per heavy atom. The van der Waals surface area contributed by atoms with Crippen molar-refractivity contribution in [1.29, 1.82) is 0 Å². The number of hydrogen-bond donors (Lipinski definition) is 0. The highest BCUT2D eigenvalue weighted by molar-refractivity contribution is 5.69. The van der Waals surface area contributed by atoms with Gasteiger partial charge in [-0.3, -0.25) is 4.79 Å². The second-order valence-corrected chi connectivity index (χ2v) is 13.1. The summed E-state index contributed by atoms with van der Waals surface area (Å²) in [5.41, 5.74) is 0. The van der Waals surface area contributed by atoms with Crippen molar-refractivity contribution in [2.24, 2.45) is 5.92 Å². The Kier molecular flexibility index (Phi) is 33.2. The quantitative estimate of drug-likeness (QED) is 0.0600. The first-order chi connectivity index (χ1) is 19.2. The fraction of sp³-hybridized carbons (Fsp3) is 0.973. The zero-order valence-corrected chi connectivity index (χ0v) is 27.5. The van der Waals surface area contributed by atoms with Crippen LogP contribution < -0.4 is 0 Å². The molecular formula is C37H74O2. The molecule has 0 aromatic rings. The van der Waals surface area contributed by atoms with Crippen LogP contribution in [0.4, 0.5) is 0 Å². The predicted molar refractivity (Wildman–Crippen MR) is 175 cm³/mol. The maximum Gasteiger partial charge on any atom is 0.305 e. The third-order valence-corrected chi connectivity index (χ3v) is 8.42. The molecule has 0 spiro atoms. The molecule has 0 fully saturated rings. The monoisotopic (exact) mass is 551 g/mol. The summed E-state index contributed by atoms with van der Waals surface area (Å²) in [6.07, 6.45) is 41.7. The standard InChI is InChI=1S/C37H74O2/c1-4-5-6-7-8-9-10-11-12-13-14-15-16-19-22-25-28-31-34-37(38)39-35-32-29-26-23-20-17-18-21-24-27-30-33-36(2)3/h36H,4-35H2,1-3H3. The van der Waals surface area contributed by atoms with E-state index in [1.165, 1.54) is 180 Å². The SMILES string of the molecule is CCCCCCCCCCCCCCCCCCCCC(=O)OCCCCCCCCCCCCCC(C)C. The van der Waals surface area contributed by atoms with Crippen LogP contribution in [0.1, 0.15) is 220 Å². The molecule has 39 heavy (non-hydrogen) atoms. The lowest BCUT2D eigenvalue weighted by Crippen LogP contribution is -2.05. The van der Waals surface area contributed by atoms with Gasteiger partial charge in [0.1, 0.15) is 0 Å². The molecule has 0 heterocycles. The van der Waals surface area contributed by atoms with Crippen LogP contribution in [0.25, 0.3) is 0 Å². The molecule has 0 N–H and O–H groups in total. The largest absolute Gasteiger partial charge is 0.466 e. The summed E-state index contributed by atoms with van der Waals surface area (Å²) in [6, 6.07) is 0. The molecule has 2 heteroatoms. The van der Waals surface area contributed by atoms with Gasteiger partial charge in [-0.2, -0.15) is 0 Å². The summed E-state index contributed by atoms with van der Waals surface area (Å²) >= 11 is 0. The average molecular weight is 551 g/mol. The van der Waals surface area contributed by atoms with Crippen LogP contribution in [-0.4, -0.2) is 12.6 Å². The molecule has 0 atom stereocenters. The highest BCUT2D eigenvalue weighted by Gasteiger charge is 2.03. The first-order valence-corrected chi connectivity index (χ1v) is 18.3. The van der Waals surface area contributed by atoms with Crippen LogP contribution in [0, 0.1) is 5.92 Å². The van der Waals surface area contributed by atoms with E-state index in [0.717, 1.165) is 18.8 Å². The molecule has 0 amide bonds. The van der Waals surface area contributed by atoms with Gasteiger partial charge in [-0.15, -0.1) is 0 Å². The van der Waals surface area contributed by atoms with Crippen molar-refractivity contribution in [3.8, 4) is 0 Å². The number of ether oxygens (including phenoxy) is 1. The molecular weight excluding hydrogens is 476 g/mol. The van der Waals surface area contributed by atoms with Crippen molar-refractivity contribution >= 4 is 5.97 Å². The number of carbonyl (C=O) groups is 1. The van der Waals surface area contributed by atoms with Gasteiger partial charge in [-0.05, 0) is 18.8 Å². The number of unbranched alkanes of at least 4 members (excludes halogenated alkanes) is 27. The van der Waals surface area contributed by atoms with Gasteiger partial charge in [0.25, 0.3) is 0 Å². The van der Waals surface area contributed by atoms with E-state index in [4.69, 9.17) is 4.74 Å². The summed E-state index contributed by atoms with van der Waals surface area (Å²) in [5.74, 6) is 0.895. The van der Waals surface area contributed by atoms with Gasteiger partial charge in [-0.25, -0.2) is 0 Å². The second kappa shape index (κ2) is 33.7. The molecule has 2 nitrogen and oxygen atoms in total. The minimum atomic E-state index is 0.0277. The molecule has 0 radical (unpaired) electrons. The summed E-state index contributed by atoms with van der Waals surface area (Å²) in [7, 11) is 0. The van der Waals surface area contributed by atoms with E-state index in [0.29, 0.717) is 13.0 Å². The molecule has 0 unspecified atom stereocenters. The fourth-order valence-electron chi connectivity index (χ4n) is 5.67. The van der Waals surface area contributed by atoms with E-state index in [1.54, 1.807) is 0 Å². The molecule has 0 aromatic carbocycles. The van der Waals surface area contributed by atoms with E-state index in [1.807, 2.05) is 0 Å². The normalized spacial score (nSPS) is 11.5. The lowest BCUT2D eigenvalue weighted by atomic mass is 10.0. The fourth-order valence-corrected chi connectivity index (χ4v) is 5.67. The van der Waals surface area contributed by atoms with E-state index >= 15 is 0 Å². The lowest BCUT2D eigenvalue weighted by molar-refractivity contribution is -0.143. The second-order valence-electron chi connectivity index (χ2n) is 13.1. The number of rotatable bonds is 33. The third-order valence-electron chi connectivity index (χ3n) is 8.42. The Hall–Kier alpha value is -0.530. The van der Waals surface area contributed by atoms with Gasteiger partial charge in [0.05, 0.1) is 6.61 Å². The zero-order chi connectivity index (χ0) is 28.5. The topological polar surface area (TPSA) is 26.3 Å². The van der Waals surface area contributed by atoms with Crippen LogP contribution in [0.15, 0.2) is 0 Å². The van der Waals surface area contributed by atoms with Crippen molar-refractivity contribution in [2.75, 3.05) is 6.61 Å². The Morgan fingerprint density at radius 3 is 1.10 bits per heavy atom. The Bertz CT molecular complexity index is 458. The van der Waals surface area contributed by atoms with Gasteiger partial charge < -0.3 is 4.74 Å². The highest BCUT2D eigenvalue weighted by atomic mass is 16.5. The lowest BCUT2D eigenvalue weighted by Gasteiger charge is -2.06. The zero-order valence-electron chi connectivity index (χ0n) is 27.5. The predicted octanol–water partition coefficient (Wildman–Crippen LogP) is 13.3. The van der Waals surface area contributed by atoms with Gasteiger partial charge in [-0.1, -0.05) is 201 Å². The molecule has 0 bridgehead atoms. The summed E-state index contributed by atoms with van der Waals surface area (Å²) in [5, 5.41) is 0. The van der Waals surface area contributed by atoms with Crippen molar-refractivity contribution in [3.63, 3.8) is 0 Å². The summed E-state index contributed by atoms with van der Waals surface area (Å²) in [6.45, 7) is 7.58. The van der Waals surface area contributed by atoms with Crippen molar-refractivity contribution in [3.05, 3.63) is 0 Å². The molecule has 0 saturated carbocycles. The van der Waals surface area contributed by atoms with Crippen molar-refractivity contribution < 1.29 is 9.53 Å². The molecule has 0 aliphatic heterocycles. The number of carbonyl (C=O) groups excluding carboxylic acids is 1. The molecule has 0 saturated heterocycles. The first kappa shape index (κ1) is 38.5. The third kappa shape index (κ3) is 35.4. The van der Waals surface area contributed by atoms with Gasteiger partial charge in [0.2, 0.25) is 0 Å². The smallest absolute Gasteiger partial charge is 0.305 e. The van der Waals surface area contributed by atoms with Crippen molar-refractivity contribution in [1.82, 2.24) is 0 Å². The van der Waals surface area contributed by atoms with Crippen LogP contribution in [0.5, 0.6) is 0 Å². The Morgan fingerprint density at radius 2 is 0.744 bits per heavy atom. The minimum Gasteiger partial charge on any atom is -0.466 e. The Labute approximate surface area is 247 Å². The molecule has 0 aliphatic carbocycles. The number of hydrogen-bond acceptors (Lipinski definition) is 2. The van der Waals surface area contributed by atoms with Gasteiger partial charge >= 0.3 is 5.97 Å². The van der Waals surface area contributed by atoms with Crippen molar-refractivity contribution in [2.45, 2.75) is 220 Å². The maximum atomic E-state index is 11.9. The molecule has 0 aliphatic rings.